The average molecular weight is 493 g/mol. The second kappa shape index (κ2) is 9.94. The maximum atomic E-state index is 13.2. The summed E-state index contributed by atoms with van der Waals surface area (Å²) in [7, 11) is 3.09. The first-order chi connectivity index (χ1) is 16.8. The van der Waals surface area contributed by atoms with Crippen LogP contribution in [0.25, 0.3) is 0 Å². The van der Waals surface area contributed by atoms with Gasteiger partial charge >= 0.3 is 0 Å². The van der Waals surface area contributed by atoms with Gasteiger partial charge in [-0.25, -0.2) is 4.99 Å². The first-order valence-electron chi connectivity index (χ1n) is 10.5. The Balaban J connectivity index is 1.79. The molecule has 10 heteroatoms. The highest BCUT2D eigenvalue weighted by atomic mass is 35.5. The maximum absolute atomic E-state index is 13.2. The Morgan fingerprint density at radius 2 is 1.69 bits per heavy atom. The van der Waals surface area contributed by atoms with Crippen molar-refractivity contribution >= 4 is 46.1 Å². The van der Waals surface area contributed by atoms with E-state index >= 15 is 0 Å². The number of carbonyl (C=O) groups excluding carboxylic acids is 1. The largest absolute Gasteiger partial charge is 0.493 e. The average Bonchev–Trinajstić information content (AvgIpc) is 2.98. The summed E-state index contributed by atoms with van der Waals surface area (Å²) in [6.07, 6.45) is 0. The van der Waals surface area contributed by atoms with E-state index in [4.69, 9.17) is 31.1 Å². The summed E-state index contributed by atoms with van der Waals surface area (Å²) in [5, 5.41) is 13.8. The summed E-state index contributed by atoms with van der Waals surface area (Å²) >= 11 is 6.02. The van der Waals surface area contributed by atoms with Gasteiger partial charge in [-0.1, -0.05) is 29.8 Å². The Morgan fingerprint density at radius 3 is 2.31 bits per heavy atom. The van der Waals surface area contributed by atoms with Crippen molar-refractivity contribution in [3.63, 3.8) is 0 Å². The number of hydrogen-bond donors (Lipinski definition) is 1. The van der Waals surface area contributed by atoms with Crippen molar-refractivity contribution in [2.75, 3.05) is 14.2 Å². The van der Waals surface area contributed by atoms with Crippen molar-refractivity contribution in [3.8, 4) is 11.5 Å². The lowest BCUT2D eigenvalue weighted by Crippen LogP contribution is -2.37. The van der Waals surface area contributed by atoms with Crippen LogP contribution in [-0.4, -0.2) is 36.6 Å². The van der Waals surface area contributed by atoms with Gasteiger partial charge < -0.3 is 14.8 Å². The number of nitrogens with one attached hydrogen (secondary N) is 1. The molecule has 9 nitrogen and oxygen atoms in total. The number of hydrogen-bond acceptors (Lipinski definition) is 7. The van der Waals surface area contributed by atoms with Gasteiger partial charge in [0.15, 0.2) is 11.5 Å². The number of nitrogens with zero attached hydrogens (tertiary/aromatic N) is 3. The predicted molar refractivity (Wildman–Crippen MR) is 134 cm³/mol. The van der Waals surface area contributed by atoms with Crippen molar-refractivity contribution in [2.24, 2.45) is 9.98 Å². The van der Waals surface area contributed by atoms with Crippen LogP contribution in [0.2, 0.25) is 5.02 Å². The molecule has 4 rings (SSSR count). The highest BCUT2D eigenvalue weighted by Crippen LogP contribution is 2.37. The molecule has 0 bridgehead atoms. The molecule has 0 aliphatic carbocycles. The molecule has 178 valence electrons. The number of para-hydroxylation sites is 2. The Hall–Kier alpha value is -4.24. The maximum Gasteiger partial charge on any atom is 0.287 e. The molecule has 0 aromatic heterocycles. The molecule has 1 aliphatic rings. The van der Waals surface area contributed by atoms with Crippen LogP contribution < -0.4 is 14.8 Å². The zero-order valence-corrected chi connectivity index (χ0v) is 19.9. The minimum absolute atomic E-state index is 0.134. The van der Waals surface area contributed by atoms with E-state index in [-0.39, 0.29) is 16.3 Å². The number of benzene rings is 3. The van der Waals surface area contributed by atoms with Crippen LogP contribution in [0.3, 0.4) is 0 Å². The number of carbonyl (C=O) groups is 1. The highest BCUT2D eigenvalue weighted by Gasteiger charge is 2.28. The fourth-order valence-electron chi connectivity index (χ4n) is 3.82. The van der Waals surface area contributed by atoms with Gasteiger partial charge in [-0.15, -0.1) is 0 Å². The van der Waals surface area contributed by atoms with Crippen LogP contribution >= 0.6 is 11.6 Å². The third kappa shape index (κ3) is 4.85. The zero-order chi connectivity index (χ0) is 25.1. The number of nitro benzene ring substituents is 1. The summed E-state index contributed by atoms with van der Waals surface area (Å²) in [5.74, 6) is 0.388. The van der Waals surface area contributed by atoms with E-state index in [9.17, 15) is 14.9 Å². The standard InChI is InChI=1S/C25H21ClN4O5/c1-14-23(15-9-11-21(34-2)22(13-15)35-3)24(28-19-7-5-4-6-18(19)27-14)29-25(31)16-8-10-20(30(32)33)17(26)12-16/h4-13,23H,1-3H3,(H,28,29,31)/t23-/m0/s1. The van der Waals surface area contributed by atoms with E-state index < -0.39 is 16.7 Å². The van der Waals surface area contributed by atoms with Gasteiger partial charge in [0.05, 0.1) is 36.4 Å². The molecule has 1 aliphatic heterocycles. The molecule has 0 saturated heterocycles. The monoisotopic (exact) mass is 492 g/mol. The Labute approximate surface area is 206 Å². The van der Waals surface area contributed by atoms with Crippen LogP contribution in [0.15, 0.2) is 70.6 Å². The number of nitro groups is 1. The van der Waals surface area contributed by atoms with Gasteiger partial charge in [0.1, 0.15) is 10.9 Å². The number of amidine groups is 1. The van der Waals surface area contributed by atoms with E-state index in [1.54, 1.807) is 26.4 Å². The van der Waals surface area contributed by atoms with Crippen molar-refractivity contribution in [1.82, 2.24) is 5.32 Å². The summed E-state index contributed by atoms with van der Waals surface area (Å²) in [4.78, 5) is 33.1. The number of halogens is 1. The van der Waals surface area contributed by atoms with Crippen LogP contribution in [0.4, 0.5) is 17.1 Å². The predicted octanol–water partition coefficient (Wildman–Crippen LogP) is 5.62. The van der Waals surface area contributed by atoms with Gasteiger partial charge in [0.2, 0.25) is 0 Å². The van der Waals surface area contributed by atoms with Gasteiger partial charge in [0, 0.05) is 17.3 Å². The SMILES string of the molecule is COc1ccc([C@@H]2C(C)=Nc3ccccc3N=C2NC(=O)c2ccc([N+](=O)[O-])c(Cl)c2)cc1OC. The number of rotatable bonds is 5. The number of aliphatic imine (C=N–C) groups is 2. The number of fused-ring (bicyclic) bond motifs is 1. The highest BCUT2D eigenvalue weighted by molar-refractivity contribution is 6.33. The van der Waals surface area contributed by atoms with E-state index in [0.29, 0.717) is 34.4 Å². The third-order valence-electron chi connectivity index (χ3n) is 5.50. The number of methoxy groups -OCH3 is 2. The third-order valence-corrected chi connectivity index (χ3v) is 5.80. The molecule has 35 heavy (non-hydrogen) atoms. The minimum atomic E-state index is -0.608. The molecule has 0 saturated carbocycles. The molecular weight excluding hydrogens is 472 g/mol. The first-order valence-corrected chi connectivity index (χ1v) is 10.9. The minimum Gasteiger partial charge on any atom is -0.493 e. The van der Waals surface area contributed by atoms with Crippen LogP contribution in [0.5, 0.6) is 11.5 Å². The van der Waals surface area contributed by atoms with Crippen molar-refractivity contribution in [3.05, 3.63) is 86.9 Å². The van der Waals surface area contributed by atoms with E-state index in [0.717, 1.165) is 5.56 Å². The Morgan fingerprint density at radius 1 is 1.00 bits per heavy atom. The van der Waals surface area contributed by atoms with Crippen LogP contribution in [0, 0.1) is 10.1 Å². The lowest BCUT2D eigenvalue weighted by Gasteiger charge is -2.20. The molecular formula is C25H21ClN4O5. The molecule has 0 fully saturated rings. The van der Waals surface area contributed by atoms with Crippen molar-refractivity contribution in [1.29, 1.82) is 0 Å². The van der Waals surface area contributed by atoms with E-state index in [2.05, 4.69) is 5.32 Å². The molecule has 3 aromatic carbocycles. The van der Waals surface area contributed by atoms with E-state index in [1.807, 2.05) is 37.3 Å². The second-order valence-corrected chi connectivity index (χ2v) is 8.07. The first kappa shape index (κ1) is 23.9. The van der Waals surface area contributed by atoms with Gasteiger partial charge in [-0.05, 0) is 48.9 Å². The summed E-state index contributed by atoms with van der Waals surface area (Å²) in [6.45, 7) is 1.86. The van der Waals surface area contributed by atoms with Gasteiger partial charge in [-0.2, -0.15) is 0 Å². The number of amides is 1. The summed E-state index contributed by atoms with van der Waals surface area (Å²) in [5.41, 5.74) is 2.60. The molecule has 0 radical (unpaired) electrons. The Bertz CT molecular complexity index is 1390. The quantitative estimate of drug-likeness (QED) is 0.367. The molecule has 3 aromatic rings. The van der Waals surface area contributed by atoms with Gasteiger partial charge in [-0.3, -0.25) is 19.9 Å². The van der Waals surface area contributed by atoms with Crippen molar-refractivity contribution < 1.29 is 19.2 Å². The summed E-state index contributed by atoms with van der Waals surface area (Å²) < 4.78 is 10.8. The lowest BCUT2D eigenvalue weighted by molar-refractivity contribution is -0.384. The number of ether oxygens (including phenoxy) is 2. The smallest absolute Gasteiger partial charge is 0.287 e. The van der Waals surface area contributed by atoms with Crippen LogP contribution in [0.1, 0.15) is 28.8 Å². The topological polar surface area (TPSA) is 115 Å². The molecule has 1 atom stereocenters. The molecule has 1 heterocycles. The van der Waals surface area contributed by atoms with Crippen LogP contribution in [-0.2, 0) is 0 Å². The fourth-order valence-corrected chi connectivity index (χ4v) is 4.07. The van der Waals surface area contributed by atoms with E-state index in [1.165, 1.54) is 18.2 Å². The lowest BCUT2D eigenvalue weighted by atomic mass is 9.92. The Kier molecular flexibility index (Phi) is 6.79. The second-order valence-electron chi connectivity index (χ2n) is 7.66. The van der Waals surface area contributed by atoms with Gasteiger partial charge in [0.25, 0.3) is 11.6 Å². The molecule has 1 amide bonds. The molecule has 0 unspecified atom stereocenters. The normalized spacial score (nSPS) is 14.7. The zero-order valence-electron chi connectivity index (χ0n) is 19.1. The summed E-state index contributed by atoms with van der Waals surface area (Å²) in [6, 6.07) is 16.6. The van der Waals surface area contributed by atoms with Crippen molar-refractivity contribution in [2.45, 2.75) is 12.8 Å². The fraction of sp³-hybridized carbons (Fsp3) is 0.160. The molecule has 0 spiro atoms. The molecule has 1 N–H and O–H groups in total.